The molecule has 1 aromatic heterocycles. The molecule has 5 nitrogen and oxygen atoms in total. The first kappa shape index (κ1) is 12.1. The molecule has 0 bridgehead atoms. The van der Waals surface area contributed by atoms with Crippen LogP contribution in [0.3, 0.4) is 0 Å². The van der Waals surface area contributed by atoms with Crippen molar-refractivity contribution in [2.45, 2.75) is 23.8 Å². The summed E-state index contributed by atoms with van der Waals surface area (Å²) >= 11 is 1.61. The van der Waals surface area contributed by atoms with Gasteiger partial charge in [0.1, 0.15) is 0 Å². The molecule has 0 radical (unpaired) electrons. The van der Waals surface area contributed by atoms with Crippen LogP contribution in [0.1, 0.15) is 17.3 Å². The average molecular weight is 251 g/mol. The third kappa shape index (κ3) is 3.29. The zero-order chi connectivity index (χ0) is 12.1. The van der Waals surface area contributed by atoms with Crippen LogP contribution in [0.2, 0.25) is 0 Å². The minimum atomic E-state index is 0.0651. The molecule has 0 saturated heterocycles. The third-order valence-electron chi connectivity index (χ3n) is 2.16. The molecule has 0 atom stereocenters. The summed E-state index contributed by atoms with van der Waals surface area (Å²) in [5.41, 5.74) is 6.28. The second-order valence-corrected chi connectivity index (χ2v) is 4.45. The molecule has 1 heterocycles. The number of aliphatic hydroxyl groups is 1. The highest BCUT2D eigenvalue weighted by molar-refractivity contribution is 7.98. The van der Waals surface area contributed by atoms with Crippen LogP contribution >= 0.6 is 11.8 Å². The van der Waals surface area contributed by atoms with Crippen molar-refractivity contribution >= 4 is 11.8 Å². The first-order valence-corrected chi connectivity index (χ1v) is 6.14. The average Bonchev–Trinajstić information content (AvgIpc) is 2.85. The molecule has 0 fully saturated rings. The van der Waals surface area contributed by atoms with Crippen LogP contribution in [-0.2, 0) is 18.9 Å². The molecule has 0 amide bonds. The van der Waals surface area contributed by atoms with E-state index in [1.807, 2.05) is 24.3 Å². The lowest BCUT2D eigenvalue weighted by Gasteiger charge is -1.99. The van der Waals surface area contributed by atoms with Crippen molar-refractivity contribution in [3.05, 3.63) is 41.5 Å². The number of aliphatic hydroxyl groups excluding tert-OH is 1. The maximum absolute atomic E-state index is 8.92. The molecular weight excluding hydrogens is 238 g/mol. The Balaban J connectivity index is 1.92. The molecule has 90 valence electrons. The molecule has 6 heteroatoms. The summed E-state index contributed by atoms with van der Waals surface area (Å²) in [6.45, 7) is 0.332. The predicted octanol–water partition coefficient (Wildman–Crippen LogP) is 1.31. The molecule has 2 rings (SSSR count). The molecule has 0 spiro atoms. The summed E-state index contributed by atoms with van der Waals surface area (Å²) in [7, 11) is 0. The van der Waals surface area contributed by atoms with Gasteiger partial charge in [-0.05, 0) is 17.7 Å². The molecule has 0 aliphatic carbocycles. The summed E-state index contributed by atoms with van der Waals surface area (Å²) in [4.78, 5) is 5.21. The van der Waals surface area contributed by atoms with Gasteiger partial charge in [0.15, 0.2) is 5.82 Å². The summed E-state index contributed by atoms with van der Waals surface area (Å²) in [5, 5.41) is 12.7. The number of hydrogen-bond acceptors (Lipinski definition) is 6. The second kappa shape index (κ2) is 5.81. The Morgan fingerprint density at radius 1 is 1.29 bits per heavy atom. The SMILES string of the molecule is NCc1nc(CSc2ccc(CO)cc2)no1. The van der Waals surface area contributed by atoms with Crippen LogP contribution in [0.15, 0.2) is 33.7 Å². The highest BCUT2D eigenvalue weighted by Gasteiger charge is 2.05. The highest BCUT2D eigenvalue weighted by atomic mass is 32.2. The number of hydrogen-bond donors (Lipinski definition) is 2. The monoisotopic (exact) mass is 251 g/mol. The van der Waals surface area contributed by atoms with E-state index in [1.165, 1.54) is 0 Å². The molecule has 0 saturated carbocycles. The van der Waals surface area contributed by atoms with Gasteiger partial charge in [0.2, 0.25) is 5.89 Å². The summed E-state index contributed by atoms with van der Waals surface area (Å²) in [5.74, 6) is 1.74. The number of aromatic nitrogens is 2. The fourth-order valence-corrected chi connectivity index (χ4v) is 2.01. The van der Waals surface area contributed by atoms with Crippen molar-refractivity contribution in [1.82, 2.24) is 10.1 Å². The quantitative estimate of drug-likeness (QED) is 0.779. The normalized spacial score (nSPS) is 10.7. The summed E-state index contributed by atoms with van der Waals surface area (Å²) in [6.07, 6.45) is 0. The Kier molecular flexibility index (Phi) is 4.13. The standard InChI is InChI=1S/C11H13N3O2S/c12-5-11-13-10(14-16-11)7-17-9-3-1-8(6-15)2-4-9/h1-4,15H,5-7,12H2. The van der Waals surface area contributed by atoms with E-state index in [4.69, 9.17) is 15.4 Å². The van der Waals surface area contributed by atoms with E-state index < -0.39 is 0 Å². The second-order valence-electron chi connectivity index (χ2n) is 3.40. The van der Waals surface area contributed by atoms with Crippen molar-refractivity contribution in [2.24, 2.45) is 5.73 Å². The van der Waals surface area contributed by atoms with Crippen molar-refractivity contribution in [1.29, 1.82) is 0 Å². The van der Waals surface area contributed by atoms with Gasteiger partial charge in [0.25, 0.3) is 0 Å². The van der Waals surface area contributed by atoms with Gasteiger partial charge in [-0.3, -0.25) is 0 Å². The van der Waals surface area contributed by atoms with E-state index in [1.54, 1.807) is 11.8 Å². The van der Waals surface area contributed by atoms with Crippen LogP contribution < -0.4 is 5.73 Å². The lowest BCUT2D eigenvalue weighted by molar-refractivity contribution is 0.282. The maximum atomic E-state index is 8.92. The van der Waals surface area contributed by atoms with E-state index in [0.717, 1.165) is 10.5 Å². The molecule has 2 aromatic rings. The van der Waals surface area contributed by atoms with Gasteiger partial charge < -0.3 is 15.4 Å². The number of nitrogens with zero attached hydrogens (tertiary/aromatic N) is 2. The Labute approximate surface area is 103 Å². The Hall–Kier alpha value is -1.37. The smallest absolute Gasteiger partial charge is 0.240 e. The Bertz CT molecular complexity index is 470. The van der Waals surface area contributed by atoms with Crippen LogP contribution in [-0.4, -0.2) is 15.2 Å². The van der Waals surface area contributed by atoms with Crippen molar-refractivity contribution in [2.75, 3.05) is 0 Å². The highest BCUT2D eigenvalue weighted by Crippen LogP contribution is 2.21. The van der Waals surface area contributed by atoms with Gasteiger partial charge in [0, 0.05) is 4.90 Å². The molecule has 0 aliphatic heterocycles. The third-order valence-corrected chi connectivity index (χ3v) is 3.17. The fourth-order valence-electron chi connectivity index (χ4n) is 1.27. The zero-order valence-electron chi connectivity index (χ0n) is 9.17. The zero-order valence-corrected chi connectivity index (χ0v) is 9.98. The van der Waals surface area contributed by atoms with Crippen molar-refractivity contribution in [3.8, 4) is 0 Å². The van der Waals surface area contributed by atoms with Gasteiger partial charge >= 0.3 is 0 Å². The van der Waals surface area contributed by atoms with E-state index in [-0.39, 0.29) is 13.2 Å². The Morgan fingerprint density at radius 3 is 2.65 bits per heavy atom. The largest absolute Gasteiger partial charge is 0.392 e. The lowest BCUT2D eigenvalue weighted by atomic mass is 10.2. The fraction of sp³-hybridized carbons (Fsp3) is 0.273. The van der Waals surface area contributed by atoms with E-state index in [2.05, 4.69) is 10.1 Å². The van der Waals surface area contributed by atoms with Gasteiger partial charge in [0.05, 0.1) is 18.9 Å². The van der Waals surface area contributed by atoms with Gasteiger partial charge in [-0.1, -0.05) is 17.3 Å². The number of benzene rings is 1. The van der Waals surface area contributed by atoms with Crippen molar-refractivity contribution in [3.63, 3.8) is 0 Å². The topological polar surface area (TPSA) is 85.2 Å². The van der Waals surface area contributed by atoms with Gasteiger partial charge in [-0.2, -0.15) is 4.98 Å². The number of nitrogens with two attached hydrogens (primary N) is 1. The van der Waals surface area contributed by atoms with Crippen LogP contribution in [0.25, 0.3) is 0 Å². The Morgan fingerprint density at radius 2 is 2.06 bits per heavy atom. The minimum absolute atomic E-state index is 0.0651. The molecular formula is C11H13N3O2S. The minimum Gasteiger partial charge on any atom is -0.392 e. The van der Waals surface area contributed by atoms with Crippen LogP contribution in [0.4, 0.5) is 0 Å². The van der Waals surface area contributed by atoms with E-state index in [9.17, 15) is 0 Å². The van der Waals surface area contributed by atoms with Gasteiger partial charge in [-0.25, -0.2) is 0 Å². The summed E-state index contributed by atoms with van der Waals surface area (Å²) in [6, 6.07) is 7.70. The first-order valence-electron chi connectivity index (χ1n) is 5.16. The number of rotatable bonds is 5. The first-order chi connectivity index (χ1) is 8.31. The van der Waals surface area contributed by atoms with E-state index >= 15 is 0 Å². The maximum Gasteiger partial charge on any atom is 0.240 e. The molecule has 0 aliphatic rings. The van der Waals surface area contributed by atoms with Gasteiger partial charge in [-0.15, -0.1) is 11.8 Å². The molecule has 3 N–H and O–H groups in total. The summed E-state index contributed by atoms with van der Waals surface area (Å²) < 4.78 is 4.91. The van der Waals surface area contributed by atoms with Crippen LogP contribution in [0.5, 0.6) is 0 Å². The molecule has 1 aromatic carbocycles. The van der Waals surface area contributed by atoms with Crippen molar-refractivity contribution < 1.29 is 9.63 Å². The lowest BCUT2D eigenvalue weighted by Crippen LogP contribution is -1.96. The predicted molar refractivity (Wildman–Crippen MR) is 64.1 cm³/mol. The van der Waals surface area contributed by atoms with Crippen LogP contribution in [0, 0.1) is 0 Å². The molecule has 0 unspecified atom stereocenters. The van der Waals surface area contributed by atoms with E-state index in [0.29, 0.717) is 17.5 Å². The molecule has 17 heavy (non-hydrogen) atoms. The number of thioether (sulfide) groups is 1.